The normalized spacial score (nSPS) is 21.8. The smallest absolute Gasteiger partial charge is 0.379 e. The van der Waals surface area contributed by atoms with Crippen LogP contribution in [0.5, 0.6) is 0 Å². The third-order valence-electron chi connectivity index (χ3n) is 1.99. The van der Waals surface area contributed by atoms with Crippen molar-refractivity contribution in [2.45, 2.75) is 0 Å². The van der Waals surface area contributed by atoms with E-state index in [0.717, 1.165) is 0 Å². The summed E-state index contributed by atoms with van der Waals surface area (Å²) in [6.45, 7) is -0.262. The molecule has 7 nitrogen and oxygen atoms in total. The monoisotopic (exact) mass is 230 g/mol. The third-order valence-corrected chi connectivity index (χ3v) is 1.99. The Kier molecular flexibility index (Phi) is 3.51. The van der Waals surface area contributed by atoms with Gasteiger partial charge in [-0.15, -0.1) is 4.59 Å². The van der Waals surface area contributed by atoms with E-state index in [1.165, 1.54) is 21.2 Å². The van der Waals surface area contributed by atoms with Crippen LogP contribution in [-0.2, 0) is 14.3 Å². The molecule has 1 N–H and O–H groups in total. The molecule has 1 aliphatic rings. The first-order valence-corrected chi connectivity index (χ1v) is 4.62. The van der Waals surface area contributed by atoms with Gasteiger partial charge in [0, 0.05) is 0 Å². The Balaban J connectivity index is 3.07. The lowest BCUT2D eigenvalue weighted by Crippen LogP contribution is -2.37. The molecule has 0 fully saturated rings. The maximum atomic E-state index is 11.8. The van der Waals surface area contributed by atoms with E-state index >= 15 is 0 Å². The quantitative estimate of drug-likeness (QED) is 0.349. The van der Waals surface area contributed by atoms with Gasteiger partial charge in [0.05, 0.1) is 12.6 Å². The summed E-state index contributed by atoms with van der Waals surface area (Å²) in [7, 11) is 4.20. The molecule has 0 aliphatic carbocycles. The van der Waals surface area contributed by atoms with Gasteiger partial charge >= 0.3 is 5.91 Å². The fourth-order valence-electron chi connectivity index (χ4n) is 1.21. The van der Waals surface area contributed by atoms with Crippen LogP contribution >= 0.6 is 0 Å². The first-order chi connectivity index (χ1) is 7.44. The maximum absolute atomic E-state index is 11.8. The number of aliphatic hydroxyl groups excluding tert-OH is 1. The molecule has 0 bridgehead atoms. The average molecular weight is 230 g/mol. The molecule has 1 aliphatic heterocycles. The molecule has 0 radical (unpaired) electrons. The SMILES string of the molecule is CO/C([O-])=C1/C(=O)[N+](C)(C)N=C1OCCO. The molecule has 1 amide bonds. The standard InChI is InChI=1S/C9H14N2O5/c1-11(2)8(13)6(9(14)15-3)7(10-11)16-5-4-12/h12H,4-5H2,1-3H3. The third kappa shape index (κ3) is 2.15. The second kappa shape index (κ2) is 4.50. The Morgan fingerprint density at radius 1 is 1.56 bits per heavy atom. The lowest BCUT2D eigenvalue weighted by Gasteiger charge is -2.14. The maximum Gasteiger partial charge on any atom is 0.379 e. The molecule has 0 saturated heterocycles. The van der Waals surface area contributed by atoms with Crippen LogP contribution in [0.1, 0.15) is 0 Å². The number of hydrogen-bond donors (Lipinski definition) is 1. The minimum atomic E-state index is -0.787. The molecular weight excluding hydrogens is 216 g/mol. The Hall–Kier alpha value is -1.60. The van der Waals surface area contributed by atoms with Crippen molar-refractivity contribution in [1.82, 2.24) is 0 Å². The summed E-state index contributed by atoms with van der Waals surface area (Å²) >= 11 is 0. The minimum absolute atomic E-state index is 0.0351. The zero-order valence-electron chi connectivity index (χ0n) is 9.39. The van der Waals surface area contributed by atoms with E-state index in [1.54, 1.807) is 0 Å². The number of hydrogen-bond acceptors (Lipinski definition) is 6. The van der Waals surface area contributed by atoms with Crippen LogP contribution in [-0.4, -0.2) is 55.9 Å². The molecular formula is C9H14N2O5. The van der Waals surface area contributed by atoms with Gasteiger partial charge in [-0.1, -0.05) is 0 Å². The number of rotatable bonds is 3. The van der Waals surface area contributed by atoms with Crippen molar-refractivity contribution in [3.63, 3.8) is 0 Å². The van der Waals surface area contributed by atoms with Crippen LogP contribution in [0.2, 0.25) is 0 Å². The van der Waals surface area contributed by atoms with E-state index < -0.39 is 11.9 Å². The number of ether oxygens (including phenoxy) is 2. The average Bonchev–Trinajstić information content (AvgIpc) is 2.46. The highest BCUT2D eigenvalue weighted by Gasteiger charge is 2.43. The first-order valence-electron chi connectivity index (χ1n) is 4.62. The van der Waals surface area contributed by atoms with Crippen molar-refractivity contribution in [3.05, 3.63) is 11.5 Å². The van der Waals surface area contributed by atoms with Crippen LogP contribution in [0.3, 0.4) is 0 Å². The highest BCUT2D eigenvalue weighted by molar-refractivity contribution is 6.18. The Morgan fingerprint density at radius 3 is 2.69 bits per heavy atom. The molecule has 0 atom stereocenters. The van der Waals surface area contributed by atoms with E-state index in [-0.39, 0.29) is 29.3 Å². The van der Waals surface area contributed by atoms with Gasteiger partial charge in [-0.25, -0.2) is 4.79 Å². The highest BCUT2D eigenvalue weighted by Crippen LogP contribution is 2.21. The fourth-order valence-corrected chi connectivity index (χ4v) is 1.21. The molecule has 0 aromatic rings. The molecule has 0 aromatic heterocycles. The number of methoxy groups -OCH3 is 1. The fraction of sp³-hybridized carbons (Fsp3) is 0.556. The number of carbonyl (C=O) groups is 1. The molecule has 7 heteroatoms. The summed E-state index contributed by atoms with van der Waals surface area (Å²) < 4.78 is 9.14. The first kappa shape index (κ1) is 12.5. The van der Waals surface area contributed by atoms with Gasteiger partial charge in [0.2, 0.25) is 0 Å². The largest absolute Gasteiger partial charge is 0.616 e. The number of carbonyl (C=O) groups excluding carboxylic acids is 1. The summed E-state index contributed by atoms with van der Waals surface area (Å²) in [5, 5.41) is 23.9. The van der Waals surface area contributed by atoms with Gasteiger partial charge in [0.15, 0.2) is 5.57 Å². The Bertz CT molecular complexity index is 359. The molecule has 0 unspecified atom stereocenters. The van der Waals surface area contributed by atoms with Crippen molar-refractivity contribution in [3.8, 4) is 0 Å². The molecule has 90 valence electrons. The molecule has 0 spiro atoms. The highest BCUT2D eigenvalue weighted by atomic mass is 16.6. The second-order valence-corrected chi connectivity index (χ2v) is 3.54. The lowest BCUT2D eigenvalue weighted by molar-refractivity contribution is -0.815. The molecule has 16 heavy (non-hydrogen) atoms. The zero-order valence-corrected chi connectivity index (χ0v) is 9.39. The van der Waals surface area contributed by atoms with Crippen molar-refractivity contribution in [1.29, 1.82) is 0 Å². The van der Waals surface area contributed by atoms with Crippen molar-refractivity contribution < 1.29 is 29.1 Å². The van der Waals surface area contributed by atoms with Crippen LogP contribution < -0.4 is 5.11 Å². The lowest BCUT2D eigenvalue weighted by atomic mass is 10.2. The Morgan fingerprint density at radius 2 is 2.19 bits per heavy atom. The van der Waals surface area contributed by atoms with Crippen LogP contribution in [0.4, 0.5) is 0 Å². The molecule has 1 heterocycles. The zero-order chi connectivity index (χ0) is 12.3. The van der Waals surface area contributed by atoms with Crippen molar-refractivity contribution in [2.75, 3.05) is 34.4 Å². The van der Waals surface area contributed by atoms with Crippen LogP contribution in [0.15, 0.2) is 16.6 Å². The van der Waals surface area contributed by atoms with Crippen LogP contribution in [0.25, 0.3) is 0 Å². The summed E-state index contributed by atoms with van der Waals surface area (Å²) in [5.41, 5.74) is -0.221. The number of aliphatic hydroxyl groups is 1. The number of amides is 1. The Labute approximate surface area is 92.8 Å². The van der Waals surface area contributed by atoms with Gasteiger partial charge < -0.3 is 19.7 Å². The predicted octanol–water partition coefficient (Wildman–Crippen LogP) is -1.86. The van der Waals surface area contributed by atoms with E-state index in [4.69, 9.17) is 9.84 Å². The van der Waals surface area contributed by atoms with Crippen LogP contribution in [0, 0.1) is 0 Å². The summed E-state index contributed by atoms with van der Waals surface area (Å²) in [5.74, 6) is -1.37. The molecule has 0 aromatic carbocycles. The molecule has 1 rings (SSSR count). The van der Waals surface area contributed by atoms with Gasteiger partial charge in [-0.3, -0.25) is 0 Å². The second-order valence-electron chi connectivity index (χ2n) is 3.54. The van der Waals surface area contributed by atoms with Gasteiger partial charge in [0.1, 0.15) is 20.7 Å². The van der Waals surface area contributed by atoms with Gasteiger partial charge in [-0.2, -0.15) is 0 Å². The van der Waals surface area contributed by atoms with Gasteiger partial charge in [0.25, 0.3) is 5.90 Å². The summed E-state index contributed by atoms with van der Waals surface area (Å²) in [6, 6.07) is 0. The van der Waals surface area contributed by atoms with E-state index in [1.807, 2.05) is 0 Å². The minimum Gasteiger partial charge on any atom is -0.616 e. The van der Waals surface area contributed by atoms with Gasteiger partial charge in [-0.05, 0) is 12.2 Å². The van der Waals surface area contributed by atoms with Crippen molar-refractivity contribution in [2.24, 2.45) is 5.10 Å². The topological polar surface area (TPSA) is 91.2 Å². The summed E-state index contributed by atoms with van der Waals surface area (Å²) in [6.07, 6.45) is 0. The number of nitrogens with zero attached hydrogens (tertiary/aromatic N) is 2. The number of likely N-dealkylation sites (N-methyl/N-ethyl adjacent to an activating group) is 1. The van der Waals surface area contributed by atoms with Crippen molar-refractivity contribution >= 4 is 11.8 Å². The van der Waals surface area contributed by atoms with E-state index in [0.29, 0.717) is 0 Å². The predicted molar refractivity (Wildman–Crippen MR) is 51.6 cm³/mol. The number of quaternary nitrogens is 1. The molecule has 0 saturated carbocycles. The summed E-state index contributed by atoms with van der Waals surface area (Å²) in [4.78, 5) is 11.8. The van der Waals surface area contributed by atoms with E-state index in [2.05, 4.69) is 9.84 Å². The van der Waals surface area contributed by atoms with E-state index in [9.17, 15) is 9.90 Å².